The molecule has 2 atom stereocenters. The molecule has 0 aromatic rings. The lowest BCUT2D eigenvalue weighted by Crippen LogP contribution is -2.63. The topological polar surface area (TPSA) is 58.6 Å². The van der Waals surface area contributed by atoms with Gasteiger partial charge in [-0.05, 0) is 13.3 Å². The van der Waals surface area contributed by atoms with Crippen LogP contribution in [0.5, 0.6) is 0 Å². The third-order valence-corrected chi connectivity index (χ3v) is 4.21. The summed E-state index contributed by atoms with van der Waals surface area (Å²) in [7, 11) is 0. The molecule has 1 aliphatic carbocycles. The van der Waals surface area contributed by atoms with Crippen molar-refractivity contribution < 1.29 is 14.3 Å². The highest BCUT2D eigenvalue weighted by Crippen LogP contribution is 2.46. The lowest BCUT2D eigenvalue weighted by atomic mass is 9.63. The Bertz CT molecular complexity index is 354. The Kier molecular flexibility index (Phi) is 3.61. The van der Waals surface area contributed by atoms with E-state index in [0.717, 1.165) is 6.42 Å². The van der Waals surface area contributed by atoms with E-state index in [1.807, 2.05) is 11.8 Å². The minimum atomic E-state index is -0.0377. The normalized spacial score (nSPS) is 31.6. The van der Waals surface area contributed by atoms with Crippen LogP contribution >= 0.6 is 0 Å². The van der Waals surface area contributed by atoms with Crippen molar-refractivity contribution in [1.29, 1.82) is 0 Å². The molecule has 102 valence electrons. The van der Waals surface area contributed by atoms with Crippen molar-refractivity contribution in [2.45, 2.75) is 45.8 Å². The van der Waals surface area contributed by atoms with Crippen LogP contribution in [0.15, 0.2) is 0 Å². The molecule has 2 unspecified atom stereocenters. The molecule has 2 fully saturated rings. The maximum Gasteiger partial charge on any atom is 0.242 e. The minimum absolute atomic E-state index is 0.0221. The van der Waals surface area contributed by atoms with E-state index in [2.05, 4.69) is 19.2 Å². The first-order chi connectivity index (χ1) is 8.46. The third-order valence-electron chi connectivity index (χ3n) is 4.21. The van der Waals surface area contributed by atoms with E-state index in [-0.39, 0.29) is 35.9 Å². The molecule has 1 saturated carbocycles. The quantitative estimate of drug-likeness (QED) is 0.799. The molecule has 0 aromatic carbocycles. The second-order valence-corrected chi connectivity index (χ2v) is 5.63. The van der Waals surface area contributed by atoms with Gasteiger partial charge in [-0.3, -0.25) is 9.59 Å². The van der Waals surface area contributed by atoms with Gasteiger partial charge in [0, 0.05) is 31.0 Å². The highest BCUT2D eigenvalue weighted by molar-refractivity contribution is 5.87. The highest BCUT2D eigenvalue weighted by Gasteiger charge is 2.52. The van der Waals surface area contributed by atoms with Gasteiger partial charge in [0.05, 0.1) is 12.6 Å². The van der Waals surface area contributed by atoms with Crippen LogP contribution in [0.1, 0.15) is 33.6 Å². The summed E-state index contributed by atoms with van der Waals surface area (Å²) >= 11 is 0. The Morgan fingerprint density at radius 1 is 1.44 bits per heavy atom. The van der Waals surface area contributed by atoms with Crippen molar-refractivity contribution in [2.24, 2.45) is 5.41 Å². The van der Waals surface area contributed by atoms with E-state index in [0.29, 0.717) is 19.6 Å². The summed E-state index contributed by atoms with van der Waals surface area (Å²) in [4.78, 5) is 25.2. The Morgan fingerprint density at radius 3 is 2.78 bits per heavy atom. The summed E-state index contributed by atoms with van der Waals surface area (Å²) in [5, 5.41) is 2.63. The molecule has 5 heteroatoms. The van der Waals surface area contributed by atoms with Crippen LogP contribution in [-0.2, 0) is 14.3 Å². The summed E-state index contributed by atoms with van der Waals surface area (Å²) in [5.74, 6) is -0.0155. The van der Waals surface area contributed by atoms with Gasteiger partial charge in [-0.2, -0.15) is 0 Å². The van der Waals surface area contributed by atoms with Gasteiger partial charge in [0.25, 0.3) is 0 Å². The summed E-state index contributed by atoms with van der Waals surface area (Å²) in [5.41, 5.74) is -0.0287. The van der Waals surface area contributed by atoms with Crippen molar-refractivity contribution in [1.82, 2.24) is 10.2 Å². The number of nitrogens with zero attached hydrogens (tertiary/aromatic N) is 1. The van der Waals surface area contributed by atoms with Crippen LogP contribution in [0.3, 0.4) is 0 Å². The Morgan fingerprint density at radius 2 is 2.17 bits per heavy atom. The Hall–Kier alpha value is -1.10. The van der Waals surface area contributed by atoms with E-state index < -0.39 is 0 Å². The maximum absolute atomic E-state index is 12.0. The number of hydrogen-bond acceptors (Lipinski definition) is 3. The molecule has 0 aromatic heterocycles. The van der Waals surface area contributed by atoms with Gasteiger partial charge < -0.3 is 15.0 Å². The van der Waals surface area contributed by atoms with Gasteiger partial charge in [-0.1, -0.05) is 13.8 Å². The van der Waals surface area contributed by atoms with Gasteiger partial charge in [0.2, 0.25) is 11.8 Å². The van der Waals surface area contributed by atoms with Crippen molar-refractivity contribution in [3.63, 3.8) is 0 Å². The van der Waals surface area contributed by atoms with Crippen LogP contribution in [0.25, 0.3) is 0 Å². The average Bonchev–Trinajstić information content (AvgIpc) is 2.48. The van der Waals surface area contributed by atoms with Crippen LogP contribution < -0.4 is 5.32 Å². The molecule has 1 heterocycles. The lowest BCUT2D eigenvalue weighted by Gasteiger charge is -2.55. The predicted molar refractivity (Wildman–Crippen MR) is 66.9 cm³/mol. The van der Waals surface area contributed by atoms with E-state index in [1.54, 1.807) is 0 Å². The van der Waals surface area contributed by atoms with Crippen LogP contribution in [0, 0.1) is 5.41 Å². The largest absolute Gasteiger partial charge is 0.378 e. The molecule has 0 radical (unpaired) electrons. The summed E-state index contributed by atoms with van der Waals surface area (Å²) in [6.45, 7) is 7.62. The molecular formula is C13H22N2O3. The maximum atomic E-state index is 12.0. The van der Waals surface area contributed by atoms with Crippen molar-refractivity contribution in [3.8, 4) is 0 Å². The van der Waals surface area contributed by atoms with Gasteiger partial charge in [-0.15, -0.1) is 0 Å². The van der Waals surface area contributed by atoms with Gasteiger partial charge in [0.1, 0.15) is 0 Å². The van der Waals surface area contributed by atoms with E-state index in [1.165, 1.54) is 0 Å². The lowest BCUT2D eigenvalue weighted by molar-refractivity contribution is -0.165. The second kappa shape index (κ2) is 4.88. The zero-order chi connectivity index (χ0) is 13.3. The molecule has 1 aliphatic heterocycles. The molecule has 5 nitrogen and oxygen atoms in total. The molecule has 2 aliphatic rings. The Labute approximate surface area is 108 Å². The van der Waals surface area contributed by atoms with E-state index >= 15 is 0 Å². The highest BCUT2D eigenvalue weighted by atomic mass is 16.5. The molecular weight excluding hydrogens is 232 g/mol. The minimum Gasteiger partial charge on any atom is -0.378 e. The third kappa shape index (κ3) is 2.23. The fourth-order valence-electron chi connectivity index (χ4n) is 2.92. The molecule has 0 bridgehead atoms. The average molecular weight is 254 g/mol. The molecule has 18 heavy (non-hydrogen) atoms. The first-order valence-electron chi connectivity index (χ1n) is 6.64. The van der Waals surface area contributed by atoms with Gasteiger partial charge in [0.15, 0.2) is 0 Å². The van der Waals surface area contributed by atoms with Gasteiger partial charge >= 0.3 is 0 Å². The number of rotatable bonds is 3. The summed E-state index contributed by atoms with van der Waals surface area (Å²) in [6, 6.07) is 0.189. The number of nitrogens with one attached hydrogen (secondary N) is 1. The number of ether oxygens (including phenoxy) is 1. The number of carbonyl (C=O) groups is 2. The smallest absolute Gasteiger partial charge is 0.242 e. The number of amides is 2. The van der Waals surface area contributed by atoms with E-state index in [4.69, 9.17) is 4.74 Å². The Balaban J connectivity index is 2.04. The van der Waals surface area contributed by atoms with Crippen LogP contribution in [0.2, 0.25) is 0 Å². The van der Waals surface area contributed by atoms with Crippen molar-refractivity contribution in [3.05, 3.63) is 0 Å². The molecule has 2 rings (SSSR count). The zero-order valence-corrected chi connectivity index (χ0v) is 11.4. The fraction of sp³-hybridized carbons (Fsp3) is 0.846. The molecule has 0 spiro atoms. The van der Waals surface area contributed by atoms with Crippen molar-refractivity contribution >= 4 is 11.8 Å². The molecule has 1 N–H and O–H groups in total. The molecule has 1 saturated heterocycles. The summed E-state index contributed by atoms with van der Waals surface area (Å²) in [6.07, 6.45) is 1.49. The van der Waals surface area contributed by atoms with E-state index in [9.17, 15) is 9.59 Å². The zero-order valence-electron chi connectivity index (χ0n) is 11.4. The fourth-order valence-corrected chi connectivity index (χ4v) is 2.92. The molecule has 2 amide bonds. The van der Waals surface area contributed by atoms with Crippen molar-refractivity contribution in [2.75, 3.05) is 19.7 Å². The number of carbonyl (C=O) groups excluding carboxylic acids is 2. The van der Waals surface area contributed by atoms with Crippen LogP contribution in [-0.4, -0.2) is 48.6 Å². The predicted octanol–water partition coefficient (Wildman–Crippen LogP) is 0.538. The second-order valence-electron chi connectivity index (χ2n) is 5.63. The summed E-state index contributed by atoms with van der Waals surface area (Å²) < 4.78 is 5.68. The first kappa shape index (κ1) is 13.3. The standard InChI is InChI=1S/C13H22N2O3/c1-4-18-10-7-9(13(10,2)3)15-6-5-11(16)14-8-12(15)17/h9-10H,4-8H2,1-3H3,(H,14,16). The monoisotopic (exact) mass is 254 g/mol. The SMILES string of the molecule is CCOC1CC(N2CCC(=O)NCC2=O)C1(C)C. The number of hydrogen-bond donors (Lipinski definition) is 1. The van der Waals surface area contributed by atoms with Gasteiger partial charge in [-0.25, -0.2) is 0 Å². The van der Waals surface area contributed by atoms with Crippen LogP contribution in [0.4, 0.5) is 0 Å². The first-order valence-corrected chi connectivity index (χ1v) is 6.64.